The van der Waals surface area contributed by atoms with Crippen molar-refractivity contribution < 1.29 is 38.6 Å². The van der Waals surface area contributed by atoms with E-state index in [-0.39, 0.29) is 52.1 Å². The van der Waals surface area contributed by atoms with Crippen molar-refractivity contribution in [3.05, 3.63) is 135 Å². The second kappa shape index (κ2) is 23.7. The number of benzene rings is 3. The number of fused-ring (bicyclic) bond motifs is 6. The lowest BCUT2D eigenvalue weighted by Crippen LogP contribution is -2.57. The Morgan fingerprint density at radius 2 is 1.56 bits per heavy atom. The predicted octanol–water partition coefficient (Wildman–Crippen LogP) is 4.13. The summed E-state index contributed by atoms with van der Waals surface area (Å²) in [7, 11) is 1.52. The van der Waals surface area contributed by atoms with Crippen molar-refractivity contribution in [2.45, 2.75) is 104 Å². The maximum Gasteiger partial charge on any atom is 0.248 e. The Morgan fingerprint density at radius 1 is 0.861 bits per heavy atom. The number of likely N-dealkylation sites (N-methyl/N-ethyl adjacent to an activating group) is 1. The molecule has 0 radical (unpaired) electrons. The third-order valence-electron chi connectivity index (χ3n) is 14.4. The van der Waals surface area contributed by atoms with E-state index in [0.29, 0.717) is 33.6 Å². The van der Waals surface area contributed by atoms with E-state index in [1.165, 1.54) is 21.5 Å². The number of aliphatic hydroxyl groups is 1. The van der Waals surface area contributed by atoms with Crippen LogP contribution in [-0.2, 0) is 46.5 Å². The van der Waals surface area contributed by atoms with Crippen molar-refractivity contribution in [1.82, 2.24) is 60.8 Å². The highest BCUT2D eigenvalue weighted by molar-refractivity contribution is 7.15. The first-order valence-corrected chi connectivity index (χ1v) is 27.3. The van der Waals surface area contributed by atoms with Crippen LogP contribution in [0, 0.1) is 26.2 Å². The monoisotopic (exact) mass is 1110 g/mol. The second-order valence-corrected chi connectivity index (χ2v) is 22.9. The summed E-state index contributed by atoms with van der Waals surface area (Å²) in [5.74, 6) is -2.64. The van der Waals surface area contributed by atoms with E-state index >= 15 is 0 Å². The normalized spacial score (nSPS) is 21.7. The molecule has 79 heavy (non-hydrogen) atoms. The third kappa shape index (κ3) is 12.6. The van der Waals surface area contributed by atoms with Gasteiger partial charge in [-0.15, -0.1) is 26.6 Å². The van der Waals surface area contributed by atoms with Crippen LogP contribution in [0.4, 0.5) is 0 Å². The summed E-state index contributed by atoms with van der Waals surface area (Å²) in [6, 6.07) is 19.0. The Balaban J connectivity index is 0.977. The molecule has 9 rings (SSSR count). The number of halogens is 1. The van der Waals surface area contributed by atoms with Crippen molar-refractivity contribution >= 4 is 64.1 Å². The van der Waals surface area contributed by atoms with Gasteiger partial charge in [0.2, 0.25) is 35.4 Å². The van der Waals surface area contributed by atoms with E-state index in [0.717, 1.165) is 37.7 Å². The van der Waals surface area contributed by atoms with E-state index in [9.17, 15) is 33.9 Å². The van der Waals surface area contributed by atoms with Crippen LogP contribution in [0.25, 0.3) is 16.1 Å². The molecular formula is C56H64ClN13O8S. The molecule has 2 bridgehead atoms. The third-order valence-corrected chi connectivity index (χ3v) is 15.8. The van der Waals surface area contributed by atoms with E-state index in [4.69, 9.17) is 21.3 Å². The molecule has 3 aliphatic heterocycles. The first kappa shape index (κ1) is 56.1. The van der Waals surface area contributed by atoms with Gasteiger partial charge in [0.25, 0.3) is 0 Å². The number of rotatable bonds is 8. The van der Waals surface area contributed by atoms with Crippen molar-refractivity contribution in [1.29, 1.82) is 0 Å². The molecule has 1 unspecified atom stereocenters. The fourth-order valence-corrected chi connectivity index (χ4v) is 11.5. The van der Waals surface area contributed by atoms with Gasteiger partial charge in [-0.1, -0.05) is 104 Å². The Kier molecular flexibility index (Phi) is 16.9. The molecule has 6 aromatic rings. The molecule has 23 heteroatoms. The molecule has 6 atom stereocenters. The lowest BCUT2D eigenvalue weighted by Gasteiger charge is -2.35. The zero-order valence-electron chi connectivity index (χ0n) is 45.0. The number of carbonyl (C=O) groups is 6. The highest BCUT2D eigenvalue weighted by Gasteiger charge is 2.46. The molecule has 0 saturated carbocycles. The number of carbonyl (C=O) groups excluding carboxylic acids is 6. The minimum atomic E-state index is -1.33. The predicted molar refractivity (Wildman–Crippen MR) is 295 cm³/mol. The van der Waals surface area contributed by atoms with Gasteiger partial charge in [-0.25, -0.2) is 4.68 Å². The van der Waals surface area contributed by atoms with Crippen LogP contribution in [0.2, 0.25) is 5.02 Å². The summed E-state index contributed by atoms with van der Waals surface area (Å²) in [6.45, 7) is 10.4. The second-order valence-electron chi connectivity index (χ2n) is 21.2. The van der Waals surface area contributed by atoms with E-state index < -0.39 is 83.7 Å². The summed E-state index contributed by atoms with van der Waals surface area (Å²) >= 11 is 7.90. The quantitative estimate of drug-likeness (QED) is 0.144. The molecule has 0 aliphatic carbocycles. The van der Waals surface area contributed by atoms with Gasteiger partial charge in [-0.05, 0) is 60.6 Å². The molecule has 6 amide bonds. The maximum absolute atomic E-state index is 14.6. The van der Waals surface area contributed by atoms with Crippen LogP contribution in [0.5, 0.6) is 0 Å². The number of aromatic nitrogens is 6. The lowest BCUT2D eigenvalue weighted by atomic mass is 9.85. The fraction of sp³-hybridized carbons (Fsp3) is 0.411. The standard InChI is InChI=1S/C56H64ClN13O8S/c1-31-32(2)79-55-47(31)48(37-17-19-38(57)20-18-37)61-41(50-65-63-33(3)70(50)55)25-46(73)67(7)29-43-52(75)58-21-22-78-30-39-27-69(66-64-39)49(56(4,5)6)54(77)68-28-40(71)24-44(68)53(76)62-42(51(74)59-26-45(72)60-43)23-34-13-15-36(16-14-34)35-11-9-8-10-12-35/h8-20,27,40-44,49,71H,21-26,28-30H2,1-7H3,(H,58,75)(H,59,74)(H,60,72)(H,62,76)/t40-,41+,42-,43-,44+,49?/m1/s1. The first-order chi connectivity index (χ1) is 37.7. The Morgan fingerprint density at radius 3 is 2.28 bits per heavy atom. The number of hydrogen-bond acceptors (Lipinski definition) is 14. The van der Waals surface area contributed by atoms with Gasteiger partial charge in [0.05, 0.1) is 44.2 Å². The molecule has 3 aromatic carbocycles. The number of aryl methyl sites for hydroxylation is 2. The van der Waals surface area contributed by atoms with Gasteiger partial charge in [-0.3, -0.25) is 38.3 Å². The average Bonchev–Trinajstić information content (AvgIpc) is 4.23. The molecule has 5 N–H and O–H groups in total. The molecule has 3 aliphatic rings. The van der Waals surface area contributed by atoms with E-state index in [1.54, 1.807) is 29.7 Å². The summed E-state index contributed by atoms with van der Waals surface area (Å²) in [5.41, 5.74) is 5.60. The SMILES string of the molecule is Cc1sc2c(c1C)C(c1ccc(Cl)cc1)=N[C@@H](CC(=O)N(C)C[C@H]1NC(=O)CNC(=O)[C@@H](Cc3ccc(-c4ccccc4)cc3)NC(=O)[C@@H]3C[C@@H](O)CN3C(=O)C(C(C)(C)C)n3cc(nn3)COCCNC1=O)c1nnc(C)n1-2. The van der Waals surface area contributed by atoms with Gasteiger partial charge in [-0.2, -0.15) is 0 Å². The van der Waals surface area contributed by atoms with Crippen LogP contribution < -0.4 is 21.3 Å². The molecule has 3 aromatic heterocycles. The molecule has 21 nitrogen and oxygen atoms in total. The Hall–Kier alpha value is -7.66. The summed E-state index contributed by atoms with van der Waals surface area (Å²) in [4.78, 5) is 94.8. The number of amides is 6. The minimum Gasteiger partial charge on any atom is -0.391 e. The summed E-state index contributed by atoms with van der Waals surface area (Å²) < 4.78 is 9.22. The van der Waals surface area contributed by atoms with Crippen LogP contribution >= 0.6 is 22.9 Å². The number of thiophene rings is 1. The summed E-state index contributed by atoms with van der Waals surface area (Å²) in [6.07, 6.45) is 0.247. The molecule has 0 spiro atoms. The lowest BCUT2D eigenvalue weighted by molar-refractivity contribution is -0.144. The van der Waals surface area contributed by atoms with Crippen LogP contribution in [0.15, 0.2) is 90.1 Å². The molecule has 1 saturated heterocycles. The molecular weight excluding hydrogens is 1050 g/mol. The summed E-state index contributed by atoms with van der Waals surface area (Å²) in [5, 5.41) is 40.8. The van der Waals surface area contributed by atoms with E-state index in [2.05, 4.69) is 41.8 Å². The average molecular weight is 1110 g/mol. The largest absolute Gasteiger partial charge is 0.391 e. The van der Waals surface area contributed by atoms with Crippen LogP contribution in [0.3, 0.4) is 0 Å². The molecule has 6 heterocycles. The van der Waals surface area contributed by atoms with Gasteiger partial charge < -0.3 is 40.9 Å². The smallest absolute Gasteiger partial charge is 0.248 e. The van der Waals surface area contributed by atoms with Gasteiger partial charge in [0.1, 0.15) is 46.7 Å². The topological polar surface area (TPSA) is 260 Å². The zero-order valence-corrected chi connectivity index (χ0v) is 46.6. The van der Waals surface area contributed by atoms with Crippen molar-refractivity contribution in [2.24, 2.45) is 10.4 Å². The highest BCUT2D eigenvalue weighted by atomic mass is 35.5. The number of hydrogen-bond donors (Lipinski definition) is 5. The fourth-order valence-electron chi connectivity index (χ4n) is 10.1. The first-order valence-electron chi connectivity index (χ1n) is 26.1. The number of aliphatic imine (C=N–C) groups is 1. The minimum absolute atomic E-state index is 0.00474. The molecule has 414 valence electrons. The Labute approximate surface area is 466 Å². The number of nitrogens with zero attached hydrogens (tertiary/aromatic N) is 9. The van der Waals surface area contributed by atoms with Crippen LogP contribution in [0.1, 0.15) is 90.2 Å². The van der Waals surface area contributed by atoms with Crippen molar-refractivity contribution in [2.75, 3.05) is 39.8 Å². The number of aliphatic hydroxyl groups excluding tert-OH is 1. The number of nitrogens with one attached hydrogen (secondary N) is 4. The van der Waals surface area contributed by atoms with Crippen LogP contribution in [-0.4, -0.2) is 150 Å². The Bertz CT molecular complexity index is 3280. The molecule has 1 fully saturated rings. The van der Waals surface area contributed by atoms with Crippen molar-refractivity contribution in [3.63, 3.8) is 0 Å². The number of ether oxygens (including phenoxy) is 1. The van der Waals surface area contributed by atoms with Gasteiger partial charge in [0, 0.05) is 60.6 Å². The van der Waals surface area contributed by atoms with E-state index in [1.807, 2.05) is 113 Å². The van der Waals surface area contributed by atoms with Gasteiger partial charge >= 0.3 is 0 Å². The maximum atomic E-state index is 14.6. The zero-order chi connectivity index (χ0) is 56.3. The van der Waals surface area contributed by atoms with Gasteiger partial charge in [0.15, 0.2) is 5.82 Å². The highest BCUT2D eigenvalue weighted by Crippen LogP contribution is 2.40. The van der Waals surface area contributed by atoms with Crippen molar-refractivity contribution in [3.8, 4) is 16.1 Å².